The number of halogens is 3. The molecule has 1 atom stereocenters. The maximum absolute atomic E-state index is 14.3. The van der Waals surface area contributed by atoms with Crippen LogP contribution in [-0.2, 0) is 31.1 Å². The third kappa shape index (κ3) is 4.55. The van der Waals surface area contributed by atoms with Gasteiger partial charge in [-0.3, -0.25) is 4.79 Å². The van der Waals surface area contributed by atoms with Crippen LogP contribution in [0.4, 0.5) is 18.9 Å². The largest absolute Gasteiger partial charge is 0.416 e. The number of hydrogen-bond donors (Lipinski definition) is 1. The second-order valence-corrected chi connectivity index (χ2v) is 12.9. The van der Waals surface area contributed by atoms with Crippen LogP contribution in [-0.4, -0.2) is 39.4 Å². The number of alkyl halides is 3. The zero-order valence-electron chi connectivity index (χ0n) is 23.3. The van der Waals surface area contributed by atoms with Crippen molar-refractivity contribution in [3.05, 3.63) is 76.4 Å². The Morgan fingerprint density at radius 3 is 2.56 bits per heavy atom. The number of ether oxygens (including phenoxy) is 1. The van der Waals surface area contributed by atoms with Gasteiger partial charge in [-0.15, -0.1) is 10.2 Å². The fourth-order valence-electron chi connectivity index (χ4n) is 7.24. The molecule has 3 aromatic rings. The van der Waals surface area contributed by atoms with Gasteiger partial charge >= 0.3 is 6.18 Å². The van der Waals surface area contributed by atoms with Gasteiger partial charge in [-0.25, -0.2) is 0 Å². The normalized spacial score (nSPS) is 21.8. The number of carbonyl (C=O) groups is 1. The molecule has 1 spiro atoms. The molecule has 7 rings (SSSR count). The van der Waals surface area contributed by atoms with E-state index in [1.165, 1.54) is 11.0 Å². The summed E-state index contributed by atoms with van der Waals surface area (Å²) in [6, 6.07) is 10.5. The molecule has 3 fully saturated rings. The summed E-state index contributed by atoms with van der Waals surface area (Å²) in [5.74, 6) is 0.747. The number of benzene rings is 2. The predicted octanol–water partition coefficient (Wildman–Crippen LogP) is 5.59. The molecule has 1 unspecified atom stereocenters. The maximum Gasteiger partial charge on any atom is 0.416 e. The van der Waals surface area contributed by atoms with Crippen LogP contribution in [0.1, 0.15) is 83.4 Å². The molecule has 10 heteroatoms. The summed E-state index contributed by atoms with van der Waals surface area (Å²) in [6.07, 6.45) is 2.28. The lowest BCUT2D eigenvalue weighted by Gasteiger charge is -2.55. The van der Waals surface area contributed by atoms with Gasteiger partial charge in [-0.1, -0.05) is 12.1 Å². The van der Waals surface area contributed by atoms with Gasteiger partial charge in [0.05, 0.1) is 25.3 Å². The minimum absolute atomic E-state index is 0.0370. The van der Waals surface area contributed by atoms with E-state index in [1.54, 1.807) is 18.5 Å². The molecular weight excluding hydrogens is 531 g/mol. The van der Waals surface area contributed by atoms with E-state index in [0.717, 1.165) is 56.7 Å². The van der Waals surface area contributed by atoms with Crippen LogP contribution in [0.3, 0.4) is 0 Å². The standard InChI is InChI=1S/C31H34F3N5O2/c1-29(7-4-8-29)35-14-19-9-23-24(25(10-19)31(32,33)34)15-39(28(23)40)22-6-3-5-20(11-22)26(27-37-36-18-38(27)2)21-12-30(13-21)16-41-17-30/h3,5-6,9-11,18,21,26,35H,4,7-8,12-17H2,1-2H3. The van der Waals surface area contributed by atoms with E-state index in [-0.39, 0.29) is 34.5 Å². The van der Waals surface area contributed by atoms with Crippen LogP contribution in [0.25, 0.3) is 0 Å². The molecule has 7 nitrogen and oxygen atoms in total. The Balaban J connectivity index is 1.20. The first-order chi connectivity index (χ1) is 19.5. The quantitative estimate of drug-likeness (QED) is 0.405. The summed E-state index contributed by atoms with van der Waals surface area (Å²) < 4.78 is 50.2. The van der Waals surface area contributed by atoms with Crippen molar-refractivity contribution in [2.45, 2.75) is 69.8 Å². The second-order valence-electron chi connectivity index (χ2n) is 12.9. The third-order valence-electron chi connectivity index (χ3n) is 9.83. The zero-order chi connectivity index (χ0) is 28.6. The van der Waals surface area contributed by atoms with Gasteiger partial charge in [-0.2, -0.15) is 13.2 Å². The molecule has 0 radical (unpaired) electrons. The summed E-state index contributed by atoms with van der Waals surface area (Å²) >= 11 is 0. The lowest BCUT2D eigenvalue weighted by molar-refractivity contribution is -0.181. The number of nitrogens with zero attached hydrogens (tertiary/aromatic N) is 4. The van der Waals surface area contributed by atoms with E-state index >= 15 is 0 Å². The number of fused-ring (bicyclic) bond motifs is 1. The highest BCUT2D eigenvalue weighted by molar-refractivity contribution is 6.10. The van der Waals surface area contributed by atoms with Gasteiger partial charge in [0.25, 0.3) is 5.91 Å². The monoisotopic (exact) mass is 565 g/mol. The number of carbonyl (C=O) groups excluding carboxylic acids is 1. The highest BCUT2D eigenvalue weighted by Gasteiger charge is 2.53. The number of hydrogen-bond acceptors (Lipinski definition) is 5. The van der Waals surface area contributed by atoms with Crippen LogP contribution in [0.5, 0.6) is 0 Å². The SMILES string of the molecule is Cn1cnnc1C(c1cccc(N2Cc3c(cc(CNC4(C)CCC4)cc3C(F)(F)F)C2=O)c1)C1CC2(COC2)C1. The van der Waals surface area contributed by atoms with Crippen molar-refractivity contribution in [2.75, 3.05) is 18.1 Å². The van der Waals surface area contributed by atoms with Crippen molar-refractivity contribution in [1.29, 1.82) is 0 Å². The fraction of sp³-hybridized carbons (Fsp3) is 0.516. The topological polar surface area (TPSA) is 72.3 Å². The molecule has 1 aromatic heterocycles. The summed E-state index contributed by atoms with van der Waals surface area (Å²) in [7, 11) is 1.92. The number of amides is 1. The Labute approximate surface area is 237 Å². The molecule has 1 N–H and O–H groups in total. The first-order valence-corrected chi connectivity index (χ1v) is 14.4. The van der Waals surface area contributed by atoms with Crippen molar-refractivity contribution in [3.63, 3.8) is 0 Å². The van der Waals surface area contributed by atoms with Crippen molar-refractivity contribution in [3.8, 4) is 0 Å². The van der Waals surface area contributed by atoms with Crippen molar-refractivity contribution in [2.24, 2.45) is 18.4 Å². The Morgan fingerprint density at radius 1 is 1.17 bits per heavy atom. The smallest absolute Gasteiger partial charge is 0.380 e. The van der Waals surface area contributed by atoms with Crippen LogP contribution in [0, 0.1) is 11.3 Å². The minimum atomic E-state index is -4.56. The third-order valence-corrected chi connectivity index (χ3v) is 9.83. The van der Waals surface area contributed by atoms with Gasteiger partial charge in [-0.05, 0) is 85.9 Å². The molecule has 41 heavy (non-hydrogen) atoms. The van der Waals surface area contributed by atoms with Crippen LogP contribution >= 0.6 is 0 Å². The zero-order valence-corrected chi connectivity index (χ0v) is 23.3. The van der Waals surface area contributed by atoms with Crippen LogP contribution < -0.4 is 10.2 Å². The molecule has 2 aliphatic carbocycles. The molecule has 4 aliphatic rings. The number of aromatic nitrogens is 3. The first-order valence-electron chi connectivity index (χ1n) is 14.4. The predicted molar refractivity (Wildman–Crippen MR) is 146 cm³/mol. The Kier molecular flexibility index (Phi) is 6.10. The molecule has 1 saturated heterocycles. The average Bonchev–Trinajstić information content (AvgIpc) is 3.44. The maximum atomic E-state index is 14.3. The van der Waals surface area contributed by atoms with Gasteiger partial charge in [0.15, 0.2) is 0 Å². The van der Waals surface area contributed by atoms with E-state index in [1.807, 2.05) is 29.8 Å². The minimum Gasteiger partial charge on any atom is -0.380 e. The number of aryl methyl sites for hydroxylation is 1. The summed E-state index contributed by atoms with van der Waals surface area (Å²) in [5.41, 5.74) is 1.70. The lowest BCUT2D eigenvalue weighted by atomic mass is 9.56. The molecule has 2 aromatic carbocycles. The van der Waals surface area contributed by atoms with Crippen LogP contribution in [0.15, 0.2) is 42.7 Å². The molecule has 2 saturated carbocycles. The molecule has 1 amide bonds. The highest BCUT2D eigenvalue weighted by Crippen LogP contribution is 2.56. The summed E-state index contributed by atoms with van der Waals surface area (Å²) in [4.78, 5) is 15.2. The lowest BCUT2D eigenvalue weighted by Crippen LogP contribution is -2.53. The van der Waals surface area contributed by atoms with E-state index in [4.69, 9.17) is 4.74 Å². The number of anilines is 1. The van der Waals surface area contributed by atoms with Gasteiger partial charge in [0.1, 0.15) is 12.2 Å². The van der Waals surface area contributed by atoms with Gasteiger partial charge in [0, 0.05) is 41.7 Å². The second kappa shape index (κ2) is 9.39. The molecule has 0 bridgehead atoms. The molecule has 216 valence electrons. The molecule has 2 aliphatic heterocycles. The van der Waals surface area contributed by atoms with Crippen molar-refractivity contribution < 1.29 is 22.7 Å². The van der Waals surface area contributed by atoms with E-state index in [2.05, 4.69) is 22.4 Å². The molecule has 3 heterocycles. The highest BCUT2D eigenvalue weighted by atomic mass is 19.4. The first kappa shape index (κ1) is 26.6. The number of rotatable bonds is 7. The Bertz CT molecular complexity index is 1500. The Morgan fingerprint density at radius 2 is 1.95 bits per heavy atom. The summed E-state index contributed by atoms with van der Waals surface area (Å²) in [5, 5.41) is 11.9. The number of nitrogens with one attached hydrogen (secondary N) is 1. The van der Waals surface area contributed by atoms with Crippen LogP contribution in [0.2, 0.25) is 0 Å². The van der Waals surface area contributed by atoms with Gasteiger partial charge in [0.2, 0.25) is 0 Å². The average molecular weight is 566 g/mol. The molecular formula is C31H34F3N5O2. The van der Waals surface area contributed by atoms with Gasteiger partial charge < -0.3 is 19.5 Å². The van der Waals surface area contributed by atoms with E-state index in [9.17, 15) is 18.0 Å². The Hall–Kier alpha value is -3.24. The van der Waals surface area contributed by atoms with E-state index in [0.29, 0.717) is 23.7 Å². The fourth-order valence-corrected chi connectivity index (χ4v) is 7.24. The summed E-state index contributed by atoms with van der Waals surface area (Å²) in [6.45, 7) is 3.84. The van der Waals surface area contributed by atoms with E-state index < -0.39 is 17.6 Å². The van der Waals surface area contributed by atoms with Crippen molar-refractivity contribution in [1.82, 2.24) is 20.1 Å². The van der Waals surface area contributed by atoms with Crippen molar-refractivity contribution >= 4 is 11.6 Å².